The summed E-state index contributed by atoms with van der Waals surface area (Å²) in [5, 5.41) is 25.7. The fourth-order valence-electron chi connectivity index (χ4n) is 2.09. The van der Waals surface area contributed by atoms with Gasteiger partial charge in [0.05, 0.1) is 23.6 Å². The van der Waals surface area contributed by atoms with E-state index in [2.05, 4.69) is 10.6 Å². The predicted molar refractivity (Wildman–Crippen MR) is 83.3 cm³/mol. The van der Waals surface area contributed by atoms with Crippen molar-refractivity contribution in [1.82, 2.24) is 0 Å². The Morgan fingerprint density at radius 1 is 1.13 bits per heavy atom. The molecular weight excluding hydrogens is 294 g/mol. The summed E-state index contributed by atoms with van der Waals surface area (Å²) < 4.78 is 0. The number of carbonyl (C=O) groups is 2. The van der Waals surface area contributed by atoms with Gasteiger partial charge in [-0.15, -0.1) is 0 Å². The molecule has 2 aromatic rings. The highest BCUT2D eigenvalue weighted by atomic mass is 16.4. The highest BCUT2D eigenvalue weighted by molar-refractivity contribution is 5.89. The molecule has 2 N–H and O–H groups in total. The maximum absolute atomic E-state index is 11.4. The molecule has 0 saturated heterocycles. The monoisotopic (exact) mass is 308 g/mol. The van der Waals surface area contributed by atoms with Crippen molar-refractivity contribution in [2.24, 2.45) is 0 Å². The molecule has 6 heteroatoms. The normalized spacial score (nSPS) is 11.1. The summed E-state index contributed by atoms with van der Waals surface area (Å²) in [6.45, 7) is 1.37. The van der Waals surface area contributed by atoms with Crippen molar-refractivity contribution < 1.29 is 14.7 Å². The van der Waals surface area contributed by atoms with Crippen LogP contribution in [0.15, 0.2) is 48.5 Å². The summed E-state index contributed by atoms with van der Waals surface area (Å²) in [5.74, 6) is -1.54. The number of anilines is 2. The average Bonchev–Trinajstić information content (AvgIpc) is 2.52. The predicted octanol–water partition coefficient (Wildman–Crippen LogP) is 1.42. The summed E-state index contributed by atoms with van der Waals surface area (Å²) in [5.41, 5.74) is 1.97. The topological polar surface area (TPSA) is 105 Å². The molecule has 2 aromatic carbocycles. The van der Waals surface area contributed by atoms with Gasteiger partial charge >= 0.3 is 0 Å². The molecule has 6 nitrogen and oxygen atoms in total. The van der Waals surface area contributed by atoms with E-state index in [1.165, 1.54) is 6.92 Å². The molecule has 0 aliphatic heterocycles. The Bertz CT molecular complexity index is 763. The molecule has 0 saturated carbocycles. The first-order chi connectivity index (χ1) is 11.0. The number of rotatable bonds is 5. The molecule has 1 atom stereocenters. The molecule has 23 heavy (non-hydrogen) atoms. The highest BCUT2D eigenvalue weighted by Gasteiger charge is 2.13. The second-order valence-electron chi connectivity index (χ2n) is 4.89. The Hall–Kier alpha value is -3.33. The van der Waals surface area contributed by atoms with Gasteiger partial charge in [0, 0.05) is 18.3 Å². The SMILES string of the molecule is CC(=O)Nc1cccc(C(Nc2ccc(C#N)cc2)C(=O)[O-])c1. The van der Waals surface area contributed by atoms with Gasteiger partial charge in [-0.25, -0.2) is 0 Å². The molecule has 0 spiro atoms. The van der Waals surface area contributed by atoms with Gasteiger partial charge in [-0.3, -0.25) is 4.79 Å². The first kappa shape index (κ1) is 16.0. The van der Waals surface area contributed by atoms with E-state index in [4.69, 9.17) is 5.26 Å². The molecule has 2 rings (SSSR count). The van der Waals surface area contributed by atoms with E-state index in [9.17, 15) is 14.7 Å². The molecule has 116 valence electrons. The van der Waals surface area contributed by atoms with Crippen molar-refractivity contribution in [2.45, 2.75) is 13.0 Å². The number of nitriles is 1. The van der Waals surface area contributed by atoms with Crippen molar-refractivity contribution in [3.8, 4) is 6.07 Å². The van der Waals surface area contributed by atoms with Crippen molar-refractivity contribution >= 4 is 23.3 Å². The van der Waals surface area contributed by atoms with Crippen LogP contribution in [0.25, 0.3) is 0 Å². The first-order valence-electron chi connectivity index (χ1n) is 6.84. The standard InChI is InChI=1S/C17H15N3O3/c1-11(21)19-15-4-2-3-13(9-15)16(17(22)23)20-14-7-5-12(10-18)6-8-14/h2-9,16,20H,1H3,(H,19,21)(H,22,23)/p-1. The summed E-state index contributed by atoms with van der Waals surface area (Å²) in [7, 11) is 0. The third-order valence-electron chi connectivity index (χ3n) is 3.10. The fraction of sp³-hybridized carbons (Fsp3) is 0.118. The minimum absolute atomic E-state index is 0.243. The number of hydrogen-bond acceptors (Lipinski definition) is 5. The smallest absolute Gasteiger partial charge is 0.221 e. The fourth-order valence-corrected chi connectivity index (χ4v) is 2.09. The number of hydrogen-bond donors (Lipinski definition) is 2. The van der Waals surface area contributed by atoms with Crippen LogP contribution in [0.3, 0.4) is 0 Å². The van der Waals surface area contributed by atoms with Crippen LogP contribution in [-0.4, -0.2) is 11.9 Å². The minimum Gasteiger partial charge on any atom is -0.548 e. The van der Waals surface area contributed by atoms with Gasteiger partial charge in [-0.1, -0.05) is 12.1 Å². The van der Waals surface area contributed by atoms with E-state index < -0.39 is 12.0 Å². The van der Waals surface area contributed by atoms with Crippen molar-refractivity contribution in [2.75, 3.05) is 10.6 Å². The molecule has 0 radical (unpaired) electrons. The molecule has 0 aliphatic rings. The third kappa shape index (κ3) is 4.32. The molecule has 1 unspecified atom stereocenters. The van der Waals surface area contributed by atoms with Crippen LogP contribution >= 0.6 is 0 Å². The largest absolute Gasteiger partial charge is 0.548 e. The first-order valence-corrected chi connectivity index (χ1v) is 6.84. The lowest BCUT2D eigenvalue weighted by molar-refractivity contribution is -0.307. The van der Waals surface area contributed by atoms with Crippen LogP contribution in [0.4, 0.5) is 11.4 Å². The number of nitrogens with one attached hydrogen (secondary N) is 2. The van der Waals surface area contributed by atoms with Crippen molar-refractivity contribution in [1.29, 1.82) is 5.26 Å². The average molecular weight is 308 g/mol. The molecule has 0 fully saturated rings. The van der Waals surface area contributed by atoms with E-state index in [1.54, 1.807) is 48.5 Å². The van der Waals surface area contributed by atoms with Crippen molar-refractivity contribution in [3.63, 3.8) is 0 Å². The summed E-state index contributed by atoms with van der Waals surface area (Å²) in [6, 6.07) is 13.8. The Balaban J connectivity index is 2.25. The van der Waals surface area contributed by atoms with Crippen LogP contribution in [0.1, 0.15) is 24.1 Å². The van der Waals surface area contributed by atoms with Gasteiger partial charge in [0.1, 0.15) is 0 Å². The maximum Gasteiger partial charge on any atom is 0.221 e. The summed E-state index contributed by atoms with van der Waals surface area (Å²) in [4.78, 5) is 22.5. The Morgan fingerprint density at radius 3 is 2.39 bits per heavy atom. The molecule has 0 heterocycles. The number of amides is 1. The van der Waals surface area contributed by atoms with E-state index >= 15 is 0 Å². The van der Waals surface area contributed by atoms with Gasteiger partial charge in [0.15, 0.2) is 0 Å². The number of carboxylic acids is 1. The molecule has 0 aliphatic carbocycles. The number of nitrogens with zero attached hydrogens (tertiary/aromatic N) is 1. The molecule has 0 aromatic heterocycles. The van der Waals surface area contributed by atoms with Gasteiger partial charge < -0.3 is 20.5 Å². The van der Waals surface area contributed by atoms with Crippen LogP contribution < -0.4 is 15.7 Å². The summed E-state index contributed by atoms with van der Waals surface area (Å²) in [6.07, 6.45) is 0. The second kappa shape index (κ2) is 7.09. The lowest BCUT2D eigenvalue weighted by Crippen LogP contribution is -2.34. The zero-order valence-corrected chi connectivity index (χ0v) is 12.4. The van der Waals surface area contributed by atoms with E-state index in [0.717, 1.165) is 0 Å². The number of aliphatic carboxylic acids is 1. The third-order valence-corrected chi connectivity index (χ3v) is 3.10. The Kier molecular flexibility index (Phi) is 4.95. The van der Waals surface area contributed by atoms with Gasteiger partial charge in [0.25, 0.3) is 0 Å². The Morgan fingerprint density at radius 2 is 1.83 bits per heavy atom. The van der Waals surface area contributed by atoms with Crippen LogP contribution in [-0.2, 0) is 9.59 Å². The minimum atomic E-state index is -1.30. The second-order valence-corrected chi connectivity index (χ2v) is 4.89. The highest BCUT2D eigenvalue weighted by Crippen LogP contribution is 2.22. The van der Waals surface area contributed by atoms with Gasteiger partial charge in [-0.2, -0.15) is 5.26 Å². The van der Waals surface area contributed by atoms with Gasteiger partial charge in [0.2, 0.25) is 5.91 Å². The maximum atomic E-state index is 11.4. The summed E-state index contributed by atoms with van der Waals surface area (Å²) >= 11 is 0. The zero-order chi connectivity index (χ0) is 16.8. The van der Waals surface area contributed by atoms with Crippen LogP contribution in [0, 0.1) is 11.3 Å². The lowest BCUT2D eigenvalue weighted by atomic mass is 10.1. The molecule has 0 bridgehead atoms. The molecule has 1 amide bonds. The lowest BCUT2D eigenvalue weighted by Gasteiger charge is -2.22. The number of carbonyl (C=O) groups excluding carboxylic acids is 2. The van der Waals surface area contributed by atoms with E-state index in [1.807, 2.05) is 6.07 Å². The molecular formula is C17H14N3O3-. The van der Waals surface area contributed by atoms with E-state index in [-0.39, 0.29) is 5.91 Å². The van der Waals surface area contributed by atoms with Gasteiger partial charge in [-0.05, 0) is 42.0 Å². The number of carboxylic acid groups (broad SMARTS) is 1. The van der Waals surface area contributed by atoms with Crippen molar-refractivity contribution in [3.05, 3.63) is 59.7 Å². The zero-order valence-electron chi connectivity index (χ0n) is 12.4. The quantitative estimate of drug-likeness (QED) is 0.869. The van der Waals surface area contributed by atoms with E-state index in [0.29, 0.717) is 22.5 Å². The van der Waals surface area contributed by atoms with Crippen LogP contribution in [0.5, 0.6) is 0 Å². The van der Waals surface area contributed by atoms with Crippen LogP contribution in [0.2, 0.25) is 0 Å². The Labute approximate surface area is 133 Å². The number of benzene rings is 2.